The highest BCUT2D eigenvalue weighted by Crippen LogP contribution is 2.27. The Bertz CT molecular complexity index is 439. The van der Waals surface area contributed by atoms with Gasteiger partial charge in [-0.3, -0.25) is 4.98 Å². The van der Waals surface area contributed by atoms with Gasteiger partial charge in [0.2, 0.25) is 0 Å². The van der Waals surface area contributed by atoms with E-state index in [1.807, 2.05) is 19.9 Å². The summed E-state index contributed by atoms with van der Waals surface area (Å²) < 4.78 is 0. The quantitative estimate of drug-likeness (QED) is 0.805. The summed E-state index contributed by atoms with van der Waals surface area (Å²) in [5.41, 5.74) is 9.61. The maximum atomic E-state index is 5.77. The van der Waals surface area contributed by atoms with E-state index < -0.39 is 0 Å². The molecule has 1 aromatic rings. The topological polar surface area (TPSA) is 50.9 Å². The van der Waals surface area contributed by atoms with Gasteiger partial charge in [-0.2, -0.15) is 0 Å². The minimum atomic E-state index is 0.422. The second-order valence-electron chi connectivity index (χ2n) is 4.81. The van der Waals surface area contributed by atoms with E-state index in [0.29, 0.717) is 4.99 Å². The van der Waals surface area contributed by atoms with E-state index in [9.17, 15) is 0 Å². The fourth-order valence-corrected chi connectivity index (χ4v) is 2.49. The van der Waals surface area contributed by atoms with Gasteiger partial charge in [0.05, 0.1) is 5.56 Å². The van der Waals surface area contributed by atoms with Crippen molar-refractivity contribution in [3.05, 3.63) is 23.0 Å². The monoisotopic (exact) mass is 249 g/mol. The zero-order valence-corrected chi connectivity index (χ0v) is 11.2. The molecule has 1 aliphatic carbocycles. The van der Waals surface area contributed by atoms with Gasteiger partial charge in [0.1, 0.15) is 4.99 Å². The van der Waals surface area contributed by atoms with Crippen molar-refractivity contribution in [2.45, 2.75) is 33.1 Å². The van der Waals surface area contributed by atoms with Gasteiger partial charge >= 0.3 is 0 Å². The summed E-state index contributed by atoms with van der Waals surface area (Å²) in [6, 6.07) is 2.03. The van der Waals surface area contributed by atoms with Crippen LogP contribution in [0, 0.1) is 19.8 Å². The van der Waals surface area contributed by atoms with Crippen molar-refractivity contribution in [3.8, 4) is 0 Å². The van der Waals surface area contributed by atoms with E-state index in [1.165, 1.54) is 19.3 Å². The van der Waals surface area contributed by atoms with Crippen LogP contribution in [0.25, 0.3) is 0 Å². The van der Waals surface area contributed by atoms with Crippen LogP contribution in [0.5, 0.6) is 0 Å². The van der Waals surface area contributed by atoms with Crippen molar-refractivity contribution in [1.82, 2.24) is 4.98 Å². The molecular weight excluding hydrogens is 230 g/mol. The smallest absolute Gasteiger partial charge is 0.107 e. The molecule has 0 radical (unpaired) electrons. The van der Waals surface area contributed by atoms with Gasteiger partial charge in [-0.05, 0) is 38.7 Å². The van der Waals surface area contributed by atoms with Gasteiger partial charge in [0, 0.05) is 23.6 Å². The molecule has 0 spiro atoms. The summed E-state index contributed by atoms with van der Waals surface area (Å²) >= 11 is 5.10. The van der Waals surface area contributed by atoms with Crippen LogP contribution >= 0.6 is 12.2 Å². The molecular formula is C13H19N3S. The molecule has 92 valence electrons. The number of hydrogen-bond acceptors (Lipinski definition) is 3. The van der Waals surface area contributed by atoms with Crippen LogP contribution in [0.1, 0.15) is 36.2 Å². The number of aryl methyl sites for hydroxylation is 2. The molecule has 4 heteroatoms. The third kappa shape index (κ3) is 2.75. The van der Waals surface area contributed by atoms with Gasteiger partial charge in [-0.25, -0.2) is 0 Å². The zero-order chi connectivity index (χ0) is 12.4. The van der Waals surface area contributed by atoms with Crippen molar-refractivity contribution in [1.29, 1.82) is 0 Å². The van der Waals surface area contributed by atoms with Crippen molar-refractivity contribution < 1.29 is 0 Å². The summed E-state index contributed by atoms with van der Waals surface area (Å²) in [6.45, 7) is 4.96. The van der Waals surface area contributed by atoms with Gasteiger partial charge in [-0.15, -0.1) is 0 Å². The largest absolute Gasteiger partial charge is 0.389 e. The highest BCUT2D eigenvalue weighted by molar-refractivity contribution is 7.80. The number of thiocarbonyl (C=S) groups is 1. The van der Waals surface area contributed by atoms with Crippen LogP contribution in [0.4, 0.5) is 5.69 Å². The Labute approximate surface area is 108 Å². The van der Waals surface area contributed by atoms with Crippen LogP contribution in [-0.2, 0) is 0 Å². The molecule has 17 heavy (non-hydrogen) atoms. The maximum Gasteiger partial charge on any atom is 0.107 e. The molecule has 2 rings (SSSR count). The second kappa shape index (κ2) is 5.00. The van der Waals surface area contributed by atoms with Gasteiger partial charge in [0.25, 0.3) is 0 Å². The Morgan fingerprint density at radius 2 is 2.24 bits per heavy atom. The summed E-state index contributed by atoms with van der Waals surface area (Å²) in [6.07, 6.45) is 4.03. The second-order valence-corrected chi connectivity index (χ2v) is 5.25. The minimum absolute atomic E-state index is 0.422. The number of pyridine rings is 1. The first-order chi connectivity index (χ1) is 8.08. The lowest BCUT2D eigenvalue weighted by Crippen LogP contribution is -2.23. The highest BCUT2D eigenvalue weighted by atomic mass is 32.1. The highest BCUT2D eigenvalue weighted by Gasteiger charge is 2.18. The molecule has 1 saturated carbocycles. The Kier molecular flexibility index (Phi) is 3.62. The molecule has 3 nitrogen and oxygen atoms in total. The van der Waals surface area contributed by atoms with Crippen LogP contribution in [0.2, 0.25) is 0 Å². The molecule has 1 heterocycles. The first-order valence-corrected chi connectivity index (χ1v) is 6.50. The molecule has 0 unspecified atom stereocenters. The van der Waals surface area contributed by atoms with E-state index in [0.717, 1.165) is 35.1 Å². The van der Waals surface area contributed by atoms with Gasteiger partial charge in [-0.1, -0.05) is 18.6 Å². The number of nitrogens with zero attached hydrogens (tertiary/aromatic N) is 1. The third-order valence-electron chi connectivity index (χ3n) is 3.38. The van der Waals surface area contributed by atoms with Crippen LogP contribution in [-0.4, -0.2) is 16.5 Å². The molecule has 1 aromatic heterocycles. The first kappa shape index (κ1) is 12.3. The summed E-state index contributed by atoms with van der Waals surface area (Å²) in [4.78, 5) is 4.83. The SMILES string of the molecule is Cc1cc(NCC2CCC2)c(C(N)=S)c(C)n1. The van der Waals surface area contributed by atoms with Gasteiger partial charge in [0.15, 0.2) is 0 Å². The van der Waals surface area contributed by atoms with E-state index in [1.54, 1.807) is 0 Å². The molecule has 0 aliphatic heterocycles. The number of aromatic nitrogens is 1. The maximum absolute atomic E-state index is 5.77. The van der Waals surface area contributed by atoms with Crippen LogP contribution in [0.15, 0.2) is 6.07 Å². The minimum Gasteiger partial charge on any atom is -0.389 e. The number of nitrogens with two attached hydrogens (primary N) is 1. The summed E-state index contributed by atoms with van der Waals surface area (Å²) in [7, 11) is 0. The summed E-state index contributed by atoms with van der Waals surface area (Å²) in [5.74, 6) is 0.808. The predicted octanol–water partition coefficient (Wildman–Crippen LogP) is 2.54. The number of hydrogen-bond donors (Lipinski definition) is 2. The fourth-order valence-electron chi connectivity index (χ4n) is 2.23. The number of anilines is 1. The Balaban J connectivity index is 2.20. The van der Waals surface area contributed by atoms with E-state index in [4.69, 9.17) is 18.0 Å². The Morgan fingerprint density at radius 3 is 2.76 bits per heavy atom. The normalized spacial score (nSPS) is 15.4. The molecule has 0 saturated heterocycles. The van der Waals surface area contributed by atoms with Crippen molar-refractivity contribution in [2.75, 3.05) is 11.9 Å². The Morgan fingerprint density at radius 1 is 1.53 bits per heavy atom. The van der Waals surface area contributed by atoms with Crippen molar-refractivity contribution in [3.63, 3.8) is 0 Å². The van der Waals surface area contributed by atoms with Crippen molar-refractivity contribution in [2.24, 2.45) is 11.7 Å². The first-order valence-electron chi connectivity index (χ1n) is 6.10. The van der Waals surface area contributed by atoms with E-state index in [2.05, 4.69) is 10.3 Å². The van der Waals surface area contributed by atoms with Gasteiger partial charge < -0.3 is 11.1 Å². The molecule has 1 fully saturated rings. The summed E-state index contributed by atoms with van der Waals surface area (Å²) in [5, 5.41) is 3.47. The number of rotatable bonds is 4. The lowest BCUT2D eigenvalue weighted by molar-refractivity contribution is 0.333. The molecule has 3 N–H and O–H groups in total. The van der Waals surface area contributed by atoms with Crippen molar-refractivity contribution >= 4 is 22.9 Å². The van der Waals surface area contributed by atoms with E-state index in [-0.39, 0.29) is 0 Å². The Hall–Kier alpha value is -1.16. The molecule has 0 amide bonds. The lowest BCUT2D eigenvalue weighted by Gasteiger charge is -2.26. The fraction of sp³-hybridized carbons (Fsp3) is 0.538. The van der Waals surface area contributed by atoms with E-state index >= 15 is 0 Å². The molecule has 0 aromatic carbocycles. The standard InChI is InChI=1S/C13H19N3S/c1-8-6-11(15-7-10-4-3-5-10)12(13(14)17)9(2)16-8/h6,10H,3-5,7H2,1-2H3,(H2,14,17)(H,15,16). The van der Waals surface area contributed by atoms with Crippen LogP contribution < -0.4 is 11.1 Å². The molecule has 0 bridgehead atoms. The van der Waals surface area contributed by atoms with Crippen LogP contribution in [0.3, 0.4) is 0 Å². The lowest BCUT2D eigenvalue weighted by atomic mass is 9.85. The average Bonchev–Trinajstić information content (AvgIpc) is 2.12. The number of nitrogens with one attached hydrogen (secondary N) is 1. The molecule has 0 atom stereocenters. The third-order valence-corrected chi connectivity index (χ3v) is 3.58. The predicted molar refractivity (Wildman–Crippen MR) is 75.4 cm³/mol. The molecule has 1 aliphatic rings. The zero-order valence-electron chi connectivity index (χ0n) is 10.4. The average molecular weight is 249 g/mol.